The van der Waals surface area contributed by atoms with Gasteiger partial charge in [-0.15, -0.1) is 0 Å². The predicted octanol–water partition coefficient (Wildman–Crippen LogP) is 2.71. The monoisotopic (exact) mass is 194 g/mol. The Morgan fingerprint density at radius 1 is 1.43 bits per heavy atom. The van der Waals surface area contributed by atoms with E-state index in [0.717, 1.165) is 12.8 Å². The molecular weight excluding hydrogens is 176 g/mol. The molecule has 0 saturated heterocycles. The highest BCUT2D eigenvalue weighted by Gasteiger charge is 2.16. The van der Waals surface area contributed by atoms with Gasteiger partial charge in [0.05, 0.1) is 6.61 Å². The summed E-state index contributed by atoms with van der Waals surface area (Å²) in [5.74, 6) is 0.721. The normalized spacial score (nSPS) is 25.9. The zero-order valence-electron chi connectivity index (χ0n) is 8.95. The van der Waals surface area contributed by atoms with Crippen molar-refractivity contribution in [2.75, 3.05) is 6.61 Å². The molecule has 0 aromatic rings. The Morgan fingerprint density at radius 3 is 2.57 bits per heavy atom. The van der Waals surface area contributed by atoms with Crippen LogP contribution in [-0.2, 0) is 9.53 Å². The van der Waals surface area contributed by atoms with Gasteiger partial charge in [-0.1, -0.05) is 24.3 Å². The van der Waals surface area contributed by atoms with Crippen LogP contribution in [0.3, 0.4) is 0 Å². The second kappa shape index (κ2) is 4.99. The summed E-state index contributed by atoms with van der Waals surface area (Å²) in [5.41, 5.74) is 1.21. The van der Waals surface area contributed by atoms with Crippen molar-refractivity contribution in [3.8, 4) is 0 Å². The highest BCUT2D eigenvalue weighted by atomic mass is 16.5. The molecule has 0 aromatic heterocycles. The van der Waals surface area contributed by atoms with Crippen molar-refractivity contribution in [1.82, 2.24) is 0 Å². The number of hydrogen-bond donors (Lipinski definition) is 0. The molecule has 0 heterocycles. The summed E-state index contributed by atoms with van der Waals surface area (Å²) in [6, 6.07) is 0. The van der Waals surface area contributed by atoms with Gasteiger partial charge in [-0.2, -0.15) is 0 Å². The first kappa shape index (κ1) is 11.0. The van der Waals surface area contributed by atoms with Crippen molar-refractivity contribution in [1.29, 1.82) is 0 Å². The Morgan fingerprint density at radius 2 is 2.14 bits per heavy atom. The molecule has 0 saturated carbocycles. The molecule has 0 aliphatic heterocycles. The fourth-order valence-electron chi connectivity index (χ4n) is 1.65. The van der Waals surface area contributed by atoms with Crippen LogP contribution >= 0.6 is 0 Å². The van der Waals surface area contributed by atoms with E-state index in [0.29, 0.717) is 18.4 Å². The maximum atomic E-state index is 10.6. The van der Waals surface area contributed by atoms with E-state index in [2.05, 4.69) is 25.7 Å². The summed E-state index contributed by atoms with van der Waals surface area (Å²) in [6.07, 6.45) is 6.53. The Labute approximate surface area is 85.6 Å². The highest BCUT2D eigenvalue weighted by Crippen LogP contribution is 2.26. The van der Waals surface area contributed by atoms with Gasteiger partial charge in [0.15, 0.2) is 0 Å². The van der Waals surface area contributed by atoms with Crippen LogP contribution in [0.15, 0.2) is 24.3 Å². The Kier molecular flexibility index (Phi) is 3.93. The largest absolute Gasteiger partial charge is 0.465 e. The lowest BCUT2D eigenvalue weighted by atomic mass is 9.85. The fourth-order valence-corrected chi connectivity index (χ4v) is 1.65. The molecule has 1 rings (SSSR count). The van der Waals surface area contributed by atoms with Crippen molar-refractivity contribution in [3.05, 3.63) is 24.3 Å². The molecule has 0 spiro atoms. The lowest BCUT2D eigenvalue weighted by molar-refractivity contribution is -0.141. The number of carbonyl (C=O) groups excluding carboxylic acids is 1. The van der Waals surface area contributed by atoms with Crippen molar-refractivity contribution in [2.45, 2.75) is 26.7 Å². The molecule has 0 aromatic carbocycles. The molecule has 0 radical (unpaired) electrons. The quantitative estimate of drug-likeness (QED) is 0.510. The standard InChI is InChI=1S/C12H18O2/c1-9(2)12-6-4-11(5-7-12)8-14-10(3)13/h4,6,11-12H,1,5,7-8H2,2-3H3. The summed E-state index contributed by atoms with van der Waals surface area (Å²) >= 11 is 0. The van der Waals surface area contributed by atoms with Crippen LogP contribution < -0.4 is 0 Å². The number of rotatable bonds is 3. The molecule has 2 atom stereocenters. The van der Waals surface area contributed by atoms with Gasteiger partial charge < -0.3 is 4.74 Å². The molecule has 1 aliphatic carbocycles. The first-order chi connectivity index (χ1) is 6.59. The van der Waals surface area contributed by atoms with Crippen LogP contribution in [0.4, 0.5) is 0 Å². The van der Waals surface area contributed by atoms with Crippen LogP contribution in [0.5, 0.6) is 0 Å². The summed E-state index contributed by atoms with van der Waals surface area (Å²) < 4.78 is 4.96. The van der Waals surface area contributed by atoms with Gasteiger partial charge in [0.25, 0.3) is 0 Å². The Bertz CT molecular complexity index is 253. The van der Waals surface area contributed by atoms with Crippen LogP contribution in [-0.4, -0.2) is 12.6 Å². The van der Waals surface area contributed by atoms with Crippen molar-refractivity contribution >= 4 is 5.97 Å². The molecule has 2 nitrogen and oxygen atoms in total. The number of ether oxygens (including phenoxy) is 1. The van der Waals surface area contributed by atoms with E-state index in [-0.39, 0.29) is 5.97 Å². The van der Waals surface area contributed by atoms with Crippen LogP contribution in [0.1, 0.15) is 26.7 Å². The van der Waals surface area contributed by atoms with Crippen LogP contribution in [0, 0.1) is 11.8 Å². The van der Waals surface area contributed by atoms with Crippen LogP contribution in [0.2, 0.25) is 0 Å². The summed E-state index contributed by atoms with van der Waals surface area (Å²) in [7, 11) is 0. The maximum absolute atomic E-state index is 10.6. The maximum Gasteiger partial charge on any atom is 0.302 e. The minimum absolute atomic E-state index is 0.194. The second-order valence-electron chi connectivity index (χ2n) is 3.98. The topological polar surface area (TPSA) is 26.3 Å². The minimum atomic E-state index is -0.194. The van der Waals surface area contributed by atoms with Crippen LogP contribution in [0.25, 0.3) is 0 Å². The number of carbonyl (C=O) groups is 1. The van der Waals surface area contributed by atoms with E-state index in [4.69, 9.17) is 4.74 Å². The molecule has 0 fully saturated rings. The van der Waals surface area contributed by atoms with Gasteiger partial charge in [0.1, 0.15) is 0 Å². The van der Waals surface area contributed by atoms with E-state index < -0.39 is 0 Å². The first-order valence-corrected chi connectivity index (χ1v) is 5.06. The minimum Gasteiger partial charge on any atom is -0.465 e. The average molecular weight is 194 g/mol. The number of esters is 1. The smallest absolute Gasteiger partial charge is 0.302 e. The Balaban J connectivity index is 2.36. The molecule has 2 heteroatoms. The third kappa shape index (κ3) is 3.36. The number of allylic oxidation sites excluding steroid dienone is 2. The fraction of sp³-hybridized carbons (Fsp3) is 0.583. The van der Waals surface area contributed by atoms with E-state index in [1.54, 1.807) is 0 Å². The molecule has 0 amide bonds. The van der Waals surface area contributed by atoms with Crippen molar-refractivity contribution in [2.24, 2.45) is 11.8 Å². The molecule has 0 bridgehead atoms. The third-order valence-electron chi connectivity index (χ3n) is 2.60. The average Bonchev–Trinajstić information content (AvgIpc) is 2.15. The molecule has 1 aliphatic rings. The third-order valence-corrected chi connectivity index (χ3v) is 2.60. The summed E-state index contributed by atoms with van der Waals surface area (Å²) in [4.78, 5) is 10.6. The van der Waals surface area contributed by atoms with E-state index >= 15 is 0 Å². The summed E-state index contributed by atoms with van der Waals surface area (Å²) in [6.45, 7) is 7.97. The Hall–Kier alpha value is -1.05. The van der Waals surface area contributed by atoms with Gasteiger partial charge in [-0.25, -0.2) is 0 Å². The predicted molar refractivity (Wildman–Crippen MR) is 56.8 cm³/mol. The second-order valence-corrected chi connectivity index (χ2v) is 3.98. The van der Waals surface area contributed by atoms with Gasteiger partial charge in [-0.05, 0) is 25.7 Å². The zero-order chi connectivity index (χ0) is 10.6. The highest BCUT2D eigenvalue weighted by molar-refractivity contribution is 5.65. The van der Waals surface area contributed by atoms with E-state index in [9.17, 15) is 4.79 Å². The van der Waals surface area contributed by atoms with Gasteiger partial charge in [0, 0.05) is 12.8 Å². The first-order valence-electron chi connectivity index (χ1n) is 5.06. The molecule has 14 heavy (non-hydrogen) atoms. The van der Waals surface area contributed by atoms with Gasteiger partial charge >= 0.3 is 5.97 Å². The van der Waals surface area contributed by atoms with E-state index in [1.807, 2.05) is 0 Å². The molecule has 78 valence electrons. The zero-order valence-corrected chi connectivity index (χ0v) is 8.95. The molecule has 2 unspecified atom stereocenters. The summed E-state index contributed by atoms with van der Waals surface area (Å²) in [5, 5.41) is 0. The van der Waals surface area contributed by atoms with Gasteiger partial charge in [0.2, 0.25) is 0 Å². The number of hydrogen-bond acceptors (Lipinski definition) is 2. The lowest BCUT2D eigenvalue weighted by Crippen LogP contribution is -2.15. The van der Waals surface area contributed by atoms with Crippen molar-refractivity contribution < 1.29 is 9.53 Å². The lowest BCUT2D eigenvalue weighted by Gasteiger charge is -2.22. The molecule has 0 N–H and O–H groups in total. The molecular formula is C12H18O2. The SMILES string of the molecule is C=C(C)C1C=CC(COC(C)=O)CC1. The van der Waals surface area contributed by atoms with Crippen molar-refractivity contribution in [3.63, 3.8) is 0 Å². The van der Waals surface area contributed by atoms with E-state index in [1.165, 1.54) is 12.5 Å². The van der Waals surface area contributed by atoms with Gasteiger partial charge in [-0.3, -0.25) is 4.79 Å².